The van der Waals surface area contributed by atoms with E-state index < -0.39 is 5.97 Å². The van der Waals surface area contributed by atoms with Gasteiger partial charge in [-0.1, -0.05) is 30.3 Å². The molecule has 0 radical (unpaired) electrons. The summed E-state index contributed by atoms with van der Waals surface area (Å²) in [4.78, 5) is 11.5. The highest BCUT2D eigenvalue weighted by Gasteiger charge is 2.30. The fraction of sp³-hybridized carbons (Fsp3) is 0.267. The molecule has 1 fully saturated rings. The van der Waals surface area contributed by atoms with Gasteiger partial charge >= 0.3 is 5.97 Å². The van der Waals surface area contributed by atoms with Gasteiger partial charge in [-0.05, 0) is 30.9 Å². The third kappa shape index (κ3) is 1.72. The minimum absolute atomic E-state index is 0.438. The second-order valence-electron chi connectivity index (χ2n) is 4.85. The van der Waals surface area contributed by atoms with E-state index in [1.54, 1.807) is 0 Å². The van der Waals surface area contributed by atoms with Crippen molar-refractivity contribution in [3.8, 4) is 11.3 Å². The Balaban J connectivity index is 2.24. The van der Waals surface area contributed by atoms with Crippen molar-refractivity contribution in [2.24, 2.45) is 0 Å². The van der Waals surface area contributed by atoms with E-state index in [1.165, 1.54) is 0 Å². The monoisotopic (exact) mass is 241 g/mol. The predicted octanol–water partition coefficient (Wildman–Crippen LogP) is 3.50. The Bertz CT molecular complexity index is 594. The second-order valence-corrected chi connectivity index (χ2v) is 4.85. The van der Waals surface area contributed by atoms with Crippen LogP contribution in [0, 0.1) is 6.92 Å². The van der Waals surface area contributed by atoms with E-state index in [0.29, 0.717) is 11.6 Å². The molecule has 0 saturated heterocycles. The molecule has 0 unspecified atom stereocenters. The molecule has 18 heavy (non-hydrogen) atoms. The van der Waals surface area contributed by atoms with Gasteiger partial charge in [0.15, 0.2) is 0 Å². The van der Waals surface area contributed by atoms with E-state index in [1.807, 2.05) is 43.5 Å². The molecule has 0 bridgehead atoms. The minimum Gasteiger partial charge on any atom is -0.478 e. The molecule has 1 N–H and O–H groups in total. The molecule has 0 aliphatic heterocycles. The SMILES string of the molecule is Cc1cn(C2CC2)c(-c2ccccc2)c1C(=O)O. The molecule has 3 rings (SSSR count). The van der Waals surface area contributed by atoms with Crippen LogP contribution in [-0.4, -0.2) is 15.6 Å². The number of hydrogen-bond donors (Lipinski definition) is 1. The Morgan fingerprint density at radius 2 is 1.94 bits per heavy atom. The standard InChI is InChI=1S/C15H15NO2/c1-10-9-16(12-7-8-12)14(13(10)15(17)18)11-5-3-2-4-6-11/h2-6,9,12H,7-8H2,1H3,(H,17,18). The van der Waals surface area contributed by atoms with Crippen LogP contribution in [0.2, 0.25) is 0 Å². The Labute approximate surface area is 106 Å². The predicted molar refractivity (Wildman–Crippen MR) is 69.8 cm³/mol. The van der Waals surface area contributed by atoms with Crippen LogP contribution in [0.1, 0.15) is 34.8 Å². The molecule has 1 aromatic carbocycles. The van der Waals surface area contributed by atoms with Gasteiger partial charge in [-0.25, -0.2) is 4.79 Å². The Morgan fingerprint density at radius 3 is 2.50 bits per heavy atom. The Hall–Kier alpha value is -2.03. The summed E-state index contributed by atoms with van der Waals surface area (Å²) in [5, 5.41) is 9.41. The molecule has 0 spiro atoms. The van der Waals surface area contributed by atoms with Crippen LogP contribution >= 0.6 is 0 Å². The van der Waals surface area contributed by atoms with Crippen LogP contribution in [0.3, 0.4) is 0 Å². The molecule has 1 aliphatic carbocycles. The van der Waals surface area contributed by atoms with Crippen molar-refractivity contribution in [1.29, 1.82) is 0 Å². The van der Waals surface area contributed by atoms with Crippen LogP contribution in [0.4, 0.5) is 0 Å². The number of hydrogen-bond acceptors (Lipinski definition) is 1. The molecular formula is C15H15NO2. The first-order valence-electron chi connectivity index (χ1n) is 6.18. The maximum atomic E-state index is 11.5. The van der Waals surface area contributed by atoms with Crippen LogP contribution in [0.25, 0.3) is 11.3 Å². The summed E-state index contributed by atoms with van der Waals surface area (Å²) in [5.41, 5.74) is 3.11. The van der Waals surface area contributed by atoms with Gasteiger partial charge < -0.3 is 9.67 Å². The molecule has 0 amide bonds. The van der Waals surface area contributed by atoms with E-state index in [9.17, 15) is 9.90 Å². The second kappa shape index (κ2) is 4.02. The average Bonchev–Trinajstić information content (AvgIpc) is 3.13. The highest BCUT2D eigenvalue weighted by atomic mass is 16.4. The fourth-order valence-electron chi connectivity index (χ4n) is 2.45. The molecule has 0 atom stereocenters. The highest BCUT2D eigenvalue weighted by Crippen LogP contribution is 2.41. The van der Waals surface area contributed by atoms with Gasteiger partial charge in [0, 0.05) is 12.2 Å². The first-order valence-corrected chi connectivity index (χ1v) is 6.18. The minimum atomic E-state index is -0.842. The molecule has 1 heterocycles. The number of nitrogens with zero attached hydrogens (tertiary/aromatic N) is 1. The quantitative estimate of drug-likeness (QED) is 0.893. The van der Waals surface area contributed by atoms with Crippen molar-refractivity contribution < 1.29 is 9.90 Å². The zero-order chi connectivity index (χ0) is 12.7. The number of aromatic nitrogens is 1. The first kappa shape index (κ1) is 11.1. The van der Waals surface area contributed by atoms with Crippen molar-refractivity contribution >= 4 is 5.97 Å². The molecule has 3 heteroatoms. The number of aromatic carboxylic acids is 1. The number of benzene rings is 1. The van der Waals surface area contributed by atoms with Gasteiger partial charge in [0.25, 0.3) is 0 Å². The van der Waals surface area contributed by atoms with Crippen LogP contribution in [0.5, 0.6) is 0 Å². The maximum Gasteiger partial charge on any atom is 0.338 e. The van der Waals surface area contributed by atoms with Gasteiger partial charge in [-0.15, -0.1) is 0 Å². The lowest BCUT2D eigenvalue weighted by atomic mass is 10.1. The van der Waals surface area contributed by atoms with Crippen molar-refractivity contribution in [3.05, 3.63) is 47.7 Å². The topological polar surface area (TPSA) is 42.2 Å². The normalized spacial score (nSPS) is 14.7. The average molecular weight is 241 g/mol. The highest BCUT2D eigenvalue weighted by molar-refractivity contribution is 5.97. The molecular weight excluding hydrogens is 226 g/mol. The summed E-state index contributed by atoms with van der Waals surface area (Å²) < 4.78 is 2.13. The smallest absolute Gasteiger partial charge is 0.338 e. The summed E-state index contributed by atoms with van der Waals surface area (Å²) >= 11 is 0. The fourth-order valence-corrected chi connectivity index (χ4v) is 2.45. The van der Waals surface area contributed by atoms with E-state index in [2.05, 4.69) is 4.57 Å². The Kier molecular flexibility index (Phi) is 2.47. The number of rotatable bonds is 3. The largest absolute Gasteiger partial charge is 0.478 e. The van der Waals surface area contributed by atoms with E-state index >= 15 is 0 Å². The molecule has 92 valence electrons. The summed E-state index contributed by atoms with van der Waals surface area (Å²) in [7, 11) is 0. The van der Waals surface area contributed by atoms with Gasteiger partial charge in [0.2, 0.25) is 0 Å². The summed E-state index contributed by atoms with van der Waals surface area (Å²) in [6.07, 6.45) is 4.27. The number of carboxylic acids is 1. The van der Waals surface area contributed by atoms with E-state index in [0.717, 1.165) is 29.7 Å². The molecule has 1 aliphatic rings. The summed E-state index contributed by atoms with van der Waals surface area (Å²) in [6, 6.07) is 10.3. The van der Waals surface area contributed by atoms with Crippen LogP contribution in [0.15, 0.2) is 36.5 Å². The van der Waals surface area contributed by atoms with Crippen molar-refractivity contribution in [1.82, 2.24) is 4.57 Å². The molecule has 1 saturated carbocycles. The van der Waals surface area contributed by atoms with E-state index in [4.69, 9.17) is 0 Å². The molecule has 2 aromatic rings. The zero-order valence-electron chi connectivity index (χ0n) is 10.3. The maximum absolute atomic E-state index is 11.5. The van der Waals surface area contributed by atoms with Gasteiger partial charge in [0.05, 0.1) is 11.3 Å². The van der Waals surface area contributed by atoms with Crippen LogP contribution in [-0.2, 0) is 0 Å². The third-order valence-electron chi connectivity index (χ3n) is 3.42. The van der Waals surface area contributed by atoms with Crippen molar-refractivity contribution in [2.45, 2.75) is 25.8 Å². The molecule has 1 aromatic heterocycles. The summed E-state index contributed by atoms with van der Waals surface area (Å²) in [5.74, 6) is -0.842. The lowest BCUT2D eigenvalue weighted by Gasteiger charge is -2.09. The van der Waals surface area contributed by atoms with Gasteiger partial charge in [-0.3, -0.25) is 0 Å². The molecule has 3 nitrogen and oxygen atoms in total. The third-order valence-corrected chi connectivity index (χ3v) is 3.42. The van der Waals surface area contributed by atoms with Gasteiger partial charge in [0.1, 0.15) is 0 Å². The van der Waals surface area contributed by atoms with Crippen molar-refractivity contribution in [2.75, 3.05) is 0 Å². The lowest BCUT2D eigenvalue weighted by molar-refractivity contribution is 0.0697. The lowest BCUT2D eigenvalue weighted by Crippen LogP contribution is -2.02. The number of carboxylic acid groups (broad SMARTS) is 1. The summed E-state index contributed by atoms with van der Waals surface area (Å²) in [6.45, 7) is 1.87. The Morgan fingerprint density at radius 1 is 1.28 bits per heavy atom. The van der Waals surface area contributed by atoms with Crippen LogP contribution < -0.4 is 0 Å². The number of aryl methyl sites for hydroxylation is 1. The van der Waals surface area contributed by atoms with E-state index in [-0.39, 0.29) is 0 Å². The first-order chi connectivity index (χ1) is 8.68. The van der Waals surface area contributed by atoms with Gasteiger partial charge in [-0.2, -0.15) is 0 Å². The number of carbonyl (C=O) groups is 1. The van der Waals surface area contributed by atoms with Crippen molar-refractivity contribution in [3.63, 3.8) is 0 Å². The zero-order valence-corrected chi connectivity index (χ0v) is 10.3.